The maximum atomic E-state index is 11.9. The second-order valence-electron chi connectivity index (χ2n) is 4.51. The van der Waals surface area contributed by atoms with E-state index in [0.717, 1.165) is 12.8 Å². The van der Waals surface area contributed by atoms with Crippen molar-refractivity contribution in [2.45, 2.75) is 25.5 Å². The summed E-state index contributed by atoms with van der Waals surface area (Å²) >= 11 is 1.23. The van der Waals surface area contributed by atoms with Gasteiger partial charge in [-0.1, -0.05) is 0 Å². The maximum Gasteiger partial charge on any atom is 0.355 e. The number of nitrogens with one attached hydrogen (secondary N) is 1. The lowest BCUT2D eigenvalue weighted by atomic mass is 10.1. The molecule has 0 saturated carbocycles. The Morgan fingerprint density at radius 3 is 2.80 bits per heavy atom. The predicted octanol–water partition coefficient (Wildman–Crippen LogP) is 1.16. The van der Waals surface area contributed by atoms with Gasteiger partial charge in [0.1, 0.15) is 5.01 Å². The number of carbonyl (C=O) groups is 2. The van der Waals surface area contributed by atoms with E-state index in [4.69, 9.17) is 9.84 Å². The highest BCUT2D eigenvalue weighted by molar-refractivity contribution is 7.09. The molecular formula is C12H17N3O4S. The number of ether oxygens (including phenoxy) is 1. The third-order valence-electron chi connectivity index (χ3n) is 3.22. The fourth-order valence-corrected chi connectivity index (χ4v) is 2.76. The number of hydrogen-bond donors (Lipinski definition) is 2. The first-order valence-electron chi connectivity index (χ1n) is 6.33. The summed E-state index contributed by atoms with van der Waals surface area (Å²) < 4.78 is 5.25. The first kappa shape index (κ1) is 14.7. The number of nitrogens with zero attached hydrogens (tertiary/aromatic N) is 2. The minimum absolute atomic E-state index is 0.0140. The summed E-state index contributed by atoms with van der Waals surface area (Å²) in [6, 6.07) is -0.147. The van der Waals surface area contributed by atoms with Crippen molar-refractivity contribution >= 4 is 23.3 Å². The van der Waals surface area contributed by atoms with Crippen molar-refractivity contribution in [1.82, 2.24) is 15.2 Å². The van der Waals surface area contributed by atoms with Crippen molar-refractivity contribution in [2.24, 2.45) is 0 Å². The Morgan fingerprint density at radius 2 is 2.25 bits per heavy atom. The van der Waals surface area contributed by atoms with Crippen LogP contribution in [0, 0.1) is 0 Å². The largest absolute Gasteiger partial charge is 0.476 e. The van der Waals surface area contributed by atoms with E-state index in [1.807, 2.05) is 0 Å². The van der Waals surface area contributed by atoms with Gasteiger partial charge in [0, 0.05) is 25.6 Å². The second kappa shape index (κ2) is 6.67. The highest BCUT2D eigenvalue weighted by atomic mass is 32.1. The molecule has 1 aliphatic heterocycles. The molecule has 1 aromatic heterocycles. The molecule has 8 heteroatoms. The van der Waals surface area contributed by atoms with Gasteiger partial charge in [0.2, 0.25) is 0 Å². The summed E-state index contributed by atoms with van der Waals surface area (Å²) in [6.07, 6.45) is 1.91. The van der Waals surface area contributed by atoms with Gasteiger partial charge in [-0.3, -0.25) is 0 Å². The Bertz CT molecular complexity index is 483. The normalized spacial score (nSPS) is 16.1. The van der Waals surface area contributed by atoms with E-state index >= 15 is 0 Å². The molecule has 2 rings (SSSR count). The van der Waals surface area contributed by atoms with Gasteiger partial charge in [-0.25, -0.2) is 14.6 Å². The third-order valence-corrected chi connectivity index (χ3v) is 4.07. The molecule has 0 bridgehead atoms. The summed E-state index contributed by atoms with van der Waals surface area (Å²) in [7, 11) is 1.68. The predicted molar refractivity (Wildman–Crippen MR) is 72.9 cm³/mol. The van der Waals surface area contributed by atoms with Gasteiger partial charge in [0.25, 0.3) is 0 Å². The number of aromatic carboxylic acids is 1. The molecule has 0 aliphatic carbocycles. The third kappa shape index (κ3) is 3.67. The van der Waals surface area contributed by atoms with E-state index in [9.17, 15) is 9.59 Å². The zero-order valence-electron chi connectivity index (χ0n) is 11.2. The number of aromatic nitrogens is 1. The van der Waals surface area contributed by atoms with Crippen LogP contribution in [0.15, 0.2) is 5.38 Å². The van der Waals surface area contributed by atoms with Crippen LogP contribution in [0.25, 0.3) is 0 Å². The van der Waals surface area contributed by atoms with E-state index in [0.29, 0.717) is 18.1 Å². The SMILES string of the molecule is COC1CCN(C(=O)NCc2nc(C(=O)O)cs2)CC1. The number of piperidine rings is 1. The van der Waals surface area contributed by atoms with E-state index < -0.39 is 5.97 Å². The van der Waals surface area contributed by atoms with Crippen molar-refractivity contribution < 1.29 is 19.4 Å². The van der Waals surface area contributed by atoms with Crippen LogP contribution in [0.1, 0.15) is 28.3 Å². The van der Waals surface area contributed by atoms with Crippen LogP contribution in [-0.4, -0.2) is 53.3 Å². The summed E-state index contributed by atoms with van der Waals surface area (Å²) in [6.45, 7) is 1.59. The van der Waals surface area contributed by atoms with Crippen molar-refractivity contribution in [3.05, 3.63) is 16.1 Å². The highest BCUT2D eigenvalue weighted by Gasteiger charge is 2.22. The maximum absolute atomic E-state index is 11.9. The standard InChI is InChI=1S/C12H17N3O4S/c1-19-8-2-4-15(5-3-8)12(18)13-6-10-14-9(7-20-10)11(16)17/h7-8H,2-6H2,1H3,(H,13,18)(H,16,17). The zero-order valence-corrected chi connectivity index (χ0v) is 12.0. The smallest absolute Gasteiger partial charge is 0.355 e. The molecule has 7 nitrogen and oxygen atoms in total. The molecule has 1 saturated heterocycles. The monoisotopic (exact) mass is 299 g/mol. The number of hydrogen-bond acceptors (Lipinski definition) is 5. The number of methoxy groups -OCH3 is 1. The summed E-state index contributed by atoms with van der Waals surface area (Å²) in [4.78, 5) is 28.3. The molecular weight excluding hydrogens is 282 g/mol. The van der Waals surface area contributed by atoms with Crippen LogP contribution in [-0.2, 0) is 11.3 Å². The molecule has 0 atom stereocenters. The van der Waals surface area contributed by atoms with Crippen LogP contribution >= 0.6 is 11.3 Å². The molecule has 1 aliphatic rings. The van der Waals surface area contributed by atoms with Gasteiger partial charge in [0.05, 0.1) is 12.6 Å². The average Bonchev–Trinajstić information content (AvgIpc) is 2.94. The van der Waals surface area contributed by atoms with Crippen molar-refractivity contribution in [3.8, 4) is 0 Å². The molecule has 0 unspecified atom stereocenters. The molecule has 1 fully saturated rings. The molecule has 2 amide bonds. The lowest BCUT2D eigenvalue weighted by Crippen LogP contribution is -2.45. The molecule has 0 radical (unpaired) electrons. The van der Waals surface area contributed by atoms with Gasteiger partial charge in [-0.15, -0.1) is 11.3 Å². The quantitative estimate of drug-likeness (QED) is 0.870. The Hall–Kier alpha value is -1.67. The number of carboxylic acid groups (broad SMARTS) is 1. The number of urea groups is 1. The van der Waals surface area contributed by atoms with Crippen LogP contribution in [0.4, 0.5) is 4.79 Å². The van der Waals surface area contributed by atoms with Crippen LogP contribution < -0.4 is 5.32 Å². The molecule has 110 valence electrons. The fraction of sp³-hybridized carbons (Fsp3) is 0.583. The molecule has 1 aromatic rings. The van der Waals surface area contributed by atoms with Crippen LogP contribution in [0.5, 0.6) is 0 Å². The first-order valence-corrected chi connectivity index (χ1v) is 7.21. The second-order valence-corrected chi connectivity index (χ2v) is 5.46. The fourth-order valence-electron chi connectivity index (χ4n) is 2.05. The zero-order chi connectivity index (χ0) is 14.5. The topological polar surface area (TPSA) is 91.8 Å². The first-order chi connectivity index (χ1) is 9.60. The highest BCUT2D eigenvalue weighted by Crippen LogP contribution is 2.13. The summed E-state index contributed by atoms with van der Waals surface area (Å²) in [5, 5.41) is 13.6. The molecule has 2 heterocycles. The Morgan fingerprint density at radius 1 is 1.55 bits per heavy atom. The number of carboxylic acids is 1. The molecule has 2 N–H and O–H groups in total. The van der Waals surface area contributed by atoms with Gasteiger partial charge in [0.15, 0.2) is 5.69 Å². The average molecular weight is 299 g/mol. The van der Waals surface area contributed by atoms with Gasteiger partial charge in [-0.2, -0.15) is 0 Å². The van der Waals surface area contributed by atoms with Gasteiger partial charge in [-0.05, 0) is 12.8 Å². The van der Waals surface area contributed by atoms with Crippen molar-refractivity contribution in [2.75, 3.05) is 20.2 Å². The Labute approximate surface area is 120 Å². The Balaban J connectivity index is 1.78. The van der Waals surface area contributed by atoms with Crippen LogP contribution in [0.2, 0.25) is 0 Å². The van der Waals surface area contributed by atoms with Crippen LogP contribution in [0.3, 0.4) is 0 Å². The number of thiazole rings is 1. The van der Waals surface area contributed by atoms with Gasteiger partial charge >= 0.3 is 12.0 Å². The van der Waals surface area contributed by atoms with E-state index in [1.165, 1.54) is 16.7 Å². The molecule has 20 heavy (non-hydrogen) atoms. The number of rotatable bonds is 4. The van der Waals surface area contributed by atoms with Gasteiger partial charge < -0.3 is 20.1 Å². The van der Waals surface area contributed by atoms with E-state index in [-0.39, 0.29) is 24.4 Å². The molecule has 0 spiro atoms. The van der Waals surface area contributed by atoms with E-state index in [1.54, 1.807) is 12.0 Å². The van der Waals surface area contributed by atoms with Crippen molar-refractivity contribution in [1.29, 1.82) is 0 Å². The van der Waals surface area contributed by atoms with Crippen molar-refractivity contribution in [3.63, 3.8) is 0 Å². The lowest BCUT2D eigenvalue weighted by molar-refractivity contribution is 0.0503. The lowest BCUT2D eigenvalue weighted by Gasteiger charge is -2.31. The minimum Gasteiger partial charge on any atom is -0.476 e. The number of amides is 2. The number of carbonyl (C=O) groups excluding carboxylic acids is 1. The Kier molecular flexibility index (Phi) is 4.91. The summed E-state index contributed by atoms with van der Waals surface area (Å²) in [5.74, 6) is -1.06. The number of likely N-dealkylation sites (tertiary alicyclic amines) is 1. The molecule has 0 aromatic carbocycles. The summed E-state index contributed by atoms with van der Waals surface area (Å²) in [5.41, 5.74) is 0.0140. The minimum atomic E-state index is -1.06. The van der Waals surface area contributed by atoms with E-state index in [2.05, 4.69) is 10.3 Å².